The van der Waals surface area contributed by atoms with Gasteiger partial charge in [0, 0.05) is 22.0 Å². The molecule has 0 aromatic heterocycles. The lowest BCUT2D eigenvalue weighted by atomic mass is 9.95. The van der Waals surface area contributed by atoms with Crippen molar-refractivity contribution in [2.24, 2.45) is 15.3 Å². The Labute approximate surface area is 263 Å². The zero-order valence-electron chi connectivity index (χ0n) is 23.6. The molecule has 6 rings (SSSR count). The van der Waals surface area contributed by atoms with Crippen LogP contribution in [0.4, 0.5) is 28.4 Å². The molecule has 0 heterocycles. The molecule has 0 radical (unpaired) electrons. The maximum atomic E-state index is 12.7. The van der Waals surface area contributed by atoms with Crippen LogP contribution in [0.5, 0.6) is 0 Å². The molecule has 0 spiro atoms. The molecule has 0 fully saturated rings. The molecule has 0 bridgehead atoms. The van der Waals surface area contributed by atoms with Gasteiger partial charge in [-0.25, -0.2) is 0 Å². The molecule has 4 N–H and O–H groups in total. The second-order valence-corrected chi connectivity index (χ2v) is 12.8. The van der Waals surface area contributed by atoms with Crippen molar-refractivity contribution >= 4 is 77.0 Å². The van der Waals surface area contributed by atoms with E-state index >= 15 is 0 Å². The third-order valence-electron chi connectivity index (χ3n) is 6.98. The first-order valence-corrected chi connectivity index (χ1v) is 16.4. The summed E-state index contributed by atoms with van der Waals surface area (Å²) in [5, 5.41) is 17.2. The van der Waals surface area contributed by atoms with Crippen molar-refractivity contribution in [1.82, 2.24) is 0 Å². The quantitative estimate of drug-likeness (QED) is 0.0784. The van der Waals surface area contributed by atoms with E-state index in [1.807, 2.05) is 12.1 Å². The van der Waals surface area contributed by atoms with Gasteiger partial charge in [0.1, 0.15) is 10.6 Å². The Kier molecular flexibility index (Phi) is 8.02. The summed E-state index contributed by atoms with van der Waals surface area (Å²) in [7, 11) is -9.03. The number of hydrogen-bond donors (Lipinski definition) is 4. The molecule has 46 heavy (non-hydrogen) atoms. The van der Waals surface area contributed by atoms with Crippen LogP contribution < -0.4 is 10.7 Å². The van der Waals surface area contributed by atoms with Crippen LogP contribution in [0.1, 0.15) is 11.1 Å². The van der Waals surface area contributed by atoms with E-state index in [0.717, 1.165) is 0 Å². The minimum absolute atomic E-state index is 0.0482. The van der Waals surface area contributed by atoms with Crippen LogP contribution in [0.25, 0.3) is 16.8 Å². The molecule has 0 unspecified atom stereocenters. The van der Waals surface area contributed by atoms with Gasteiger partial charge in [-0.3, -0.25) is 19.3 Å². The molecule has 1 aliphatic carbocycles. The van der Waals surface area contributed by atoms with Crippen molar-refractivity contribution in [3.8, 4) is 0 Å². The first-order valence-electron chi connectivity index (χ1n) is 13.5. The van der Waals surface area contributed by atoms with Gasteiger partial charge in [0.25, 0.3) is 20.2 Å². The standard InChI is InChI=1S/C32H23N5O7S2/c38-30-17-10-20-18-23(45(39,40)41)12-13-24(20)32(30)37-36-28-16-15-27(25-8-4-5-9-26(25)28)35-34-22-11-14-29(31(19-22)46(42,43)44)33-21-6-2-1-3-7-21/h1-19,33,36H,(H,39,40,41)(H,42,43,44)/b35-34?,37-32-. The van der Waals surface area contributed by atoms with E-state index < -0.39 is 26.0 Å². The zero-order valence-corrected chi connectivity index (χ0v) is 25.2. The van der Waals surface area contributed by atoms with E-state index in [4.69, 9.17) is 0 Å². The highest BCUT2D eigenvalue weighted by molar-refractivity contribution is 7.86. The van der Waals surface area contributed by atoms with E-state index in [1.54, 1.807) is 60.7 Å². The normalized spacial score (nSPS) is 14.1. The summed E-state index contributed by atoms with van der Waals surface area (Å²) in [6.07, 6.45) is 2.71. The lowest BCUT2D eigenvalue weighted by Gasteiger charge is -2.14. The van der Waals surface area contributed by atoms with Gasteiger partial charge in [0.15, 0.2) is 0 Å². The van der Waals surface area contributed by atoms with Crippen molar-refractivity contribution in [3.63, 3.8) is 0 Å². The lowest BCUT2D eigenvalue weighted by molar-refractivity contribution is -0.108. The molecule has 14 heteroatoms. The fourth-order valence-corrected chi connectivity index (χ4v) is 5.99. The average molecular weight is 654 g/mol. The van der Waals surface area contributed by atoms with Gasteiger partial charge in [-0.1, -0.05) is 54.6 Å². The third kappa shape index (κ3) is 6.45. The van der Waals surface area contributed by atoms with Gasteiger partial charge >= 0.3 is 0 Å². The first kappa shape index (κ1) is 30.5. The molecular weight excluding hydrogens is 631 g/mol. The molecule has 230 valence electrons. The van der Waals surface area contributed by atoms with Crippen LogP contribution in [0.2, 0.25) is 0 Å². The van der Waals surface area contributed by atoms with E-state index in [9.17, 15) is 30.7 Å². The Morgan fingerprint density at radius 2 is 1.37 bits per heavy atom. The van der Waals surface area contributed by atoms with Crippen molar-refractivity contribution in [3.05, 3.63) is 120 Å². The van der Waals surface area contributed by atoms with E-state index in [0.29, 0.717) is 39.0 Å². The van der Waals surface area contributed by atoms with Gasteiger partial charge in [0.05, 0.1) is 27.6 Å². The molecule has 0 atom stereocenters. The van der Waals surface area contributed by atoms with Crippen LogP contribution in [0.15, 0.2) is 134 Å². The molecule has 5 aromatic rings. The summed E-state index contributed by atoms with van der Waals surface area (Å²) < 4.78 is 66.7. The maximum absolute atomic E-state index is 12.7. The van der Waals surface area contributed by atoms with Crippen LogP contribution in [0.3, 0.4) is 0 Å². The maximum Gasteiger partial charge on any atom is 0.296 e. The average Bonchev–Trinajstić information content (AvgIpc) is 3.03. The van der Waals surface area contributed by atoms with Gasteiger partial charge < -0.3 is 5.32 Å². The van der Waals surface area contributed by atoms with Crippen molar-refractivity contribution in [1.29, 1.82) is 0 Å². The van der Waals surface area contributed by atoms with Crippen LogP contribution in [-0.2, 0) is 25.0 Å². The summed E-state index contributed by atoms with van der Waals surface area (Å²) in [5.74, 6) is -0.399. The number of azo groups is 1. The number of benzene rings is 5. The predicted octanol–water partition coefficient (Wildman–Crippen LogP) is 6.90. The third-order valence-corrected chi connectivity index (χ3v) is 8.73. The Morgan fingerprint density at radius 1 is 0.652 bits per heavy atom. The highest BCUT2D eigenvalue weighted by atomic mass is 32.2. The second-order valence-electron chi connectivity index (χ2n) is 10.0. The van der Waals surface area contributed by atoms with E-state index in [2.05, 4.69) is 26.1 Å². The molecule has 1 aliphatic rings. The number of fused-ring (bicyclic) bond motifs is 2. The number of anilines is 3. The number of allylic oxidation sites excluding steroid dienone is 1. The summed E-state index contributed by atoms with van der Waals surface area (Å²) in [5.41, 5.74) is 5.72. The Hall–Kier alpha value is -5.54. The van der Waals surface area contributed by atoms with E-state index in [-0.39, 0.29) is 26.9 Å². The first-order chi connectivity index (χ1) is 22.0. The van der Waals surface area contributed by atoms with Gasteiger partial charge in [-0.2, -0.15) is 27.1 Å². The number of hydrogen-bond acceptors (Lipinski definition) is 10. The molecule has 0 saturated heterocycles. The number of hydrazone groups is 1. The van der Waals surface area contributed by atoms with Crippen LogP contribution in [-0.4, -0.2) is 37.4 Å². The van der Waals surface area contributed by atoms with Crippen LogP contribution >= 0.6 is 0 Å². The second kappa shape index (κ2) is 12.1. The van der Waals surface area contributed by atoms with Gasteiger partial charge in [-0.05, 0) is 66.2 Å². The number of carbonyl (C=O) groups is 1. The summed E-state index contributed by atoms with van der Waals surface area (Å²) in [4.78, 5) is 12.0. The summed E-state index contributed by atoms with van der Waals surface area (Å²) in [6, 6.07) is 27.6. The zero-order chi connectivity index (χ0) is 32.5. The predicted molar refractivity (Wildman–Crippen MR) is 175 cm³/mol. The molecule has 0 aliphatic heterocycles. The van der Waals surface area contributed by atoms with E-state index in [1.165, 1.54) is 42.5 Å². The Bertz CT molecular complexity index is 2340. The Balaban J connectivity index is 1.30. The fraction of sp³-hybridized carbons (Fsp3) is 0. The monoisotopic (exact) mass is 653 g/mol. The molecule has 0 amide bonds. The largest absolute Gasteiger partial charge is 0.354 e. The highest BCUT2D eigenvalue weighted by Crippen LogP contribution is 2.35. The molecule has 5 aromatic carbocycles. The highest BCUT2D eigenvalue weighted by Gasteiger charge is 2.22. The number of nitrogens with zero attached hydrogens (tertiary/aromatic N) is 3. The number of para-hydroxylation sites is 1. The number of ketones is 1. The fourth-order valence-electron chi connectivity index (χ4n) is 4.81. The minimum Gasteiger partial charge on any atom is -0.354 e. The van der Waals surface area contributed by atoms with Crippen molar-refractivity contribution < 1.29 is 30.7 Å². The summed E-state index contributed by atoms with van der Waals surface area (Å²) in [6.45, 7) is 0. The van der Waals surface area contributed by atoms with Gasteiger partial charge in [0.2, 0.25) is 5.78 Å². The number of nitrogens with one attached hydrogen (secondary N) is 2. The van der Waals surface area contributed by atoms with Crippen molar-refractivity contribution in [2.45, 2.75) is 9.79 Å². The smallest absolute Gasteiger partial charge is 0.296 e. The Morgan fingerprint density at radius 3 is 2.11 bits per heavy atom. The SMILES string of the molecule is O=C1C=Cc2cc(S(=O)(=O)O)ccc2/C1=N/Nc1ccc(N=Nc2ccc(Nc3ccccc3)c(S(=O)(=O)O)c2)c2ccccc12. The molecular formula is C32H23N5O7S2. The topological polar surface area (TPSA) is 187 Å². The van der Waals surface area contributed by atoms with Crippen molar-refractivity contribution in [2.75, 3.05) is 10.7 Å². The van der Waals surface area contributed by atoms with Crippen LogP contribution in [0, 0.1) is 0 Å². The number of rotatable bonds is 8. The molecule has 12 nitrogen and oxygen atoms in total. The number of carbonyl (C=O) groups excluding carboxylic acids is 1. The van der Waals surface area contributed by atoms with Gasteiger partial charge in [-0.15, -0.1) is 5.11 Å². The lowest BCUT2D eigenvalue weighted by Crippen LogP contribution is -2.19. The summed E-state index contributed by atoms with van der Waals surface area (Å²) >= 11 is 0. The minimum atomic E-state index is -4.60. The molecule has 0 saturated carbocycles.